The SMILES string of the molecule is COC(C)(C)CCC(=O)CSc1ccc(C)cc1. The standard InChI is InChI=1S/C15H22O2S/c1-12-5-7-14(8-6-12)18-11-13(16)9-10-15(2,3)17-4/h5-8H,9-11H2,1-4H3. The molecule has 0 saturated carbocycles. The molecule has 0 aliphatic rings. The second-order valence-corrected chi connectivity index (χ2v) is 6.15. The van der Waals surface area contributed by atoms with Crippen LogP contribution in [0.25, 0.3) is 0 Å². The van der Waals surface area contributed by atoms with E-state index in [4.69, 9.17) is 4.74 Å². The van der Waals surface area contributed by atoms with Crippen molar-refractivity contribution in [2.24, 2.45) is 0 Å². The summed E-state index contributed by atoms with van der Waals surface area (Å²) in [5.74, 6) is 0.828. The number of aryl methyl sites for hydroxylation is 1. The number of carbonyl (C=O) groups excluding carboxylic acids is 1. The van der Waals surface area contributed by atoms with Gasteiger partial charge in [-0.15, -0.1) is 11.8 Å². The molecule has 0 spiro atoms. The Hall–Kier alpha value is -0.800. The monoisotopic (exact) mass is 266 g/mol. The van der Waals surface area contributed by atoms with E-state index < -0.39 is 0 Å². The molecule has 0 N–H and O–H groups in total. The second kappa shape index (κ2) is 6.95. The van der Waals surface area contributed by atoms with E-state index in [1.165, 1.54) is 5.56 Å². The summed E-state index contributed by atoms with van der Waals surface area (Å²) in [5, 5.41) is 0. The van der Waals surface area contributed by atoms with Gasteiger partial charge < -0.3 is 4.74 Å². The first-order valence-electron chi connectivity index (χ1n) is 6.19. The Bertz CT molecular complexity index is 382. The smallest absolute Gasteiger partial charge is 0.143 e. The van der Waals surface area contributed by atoms with Gasteiger partial charge in [-0.2, -0.15) is 0 Å². The zero-order valence-corrected chi connectivity index (χ0v) is 12.5. The molecule has 0 atom stereocenters. The molecule has 0 aliphatic heterocycles. The number of thioether (sulfide) groups is 1. The van der Waals surface area contributed by atoms with Crippen molar-refractivity contribution in [1.29, 1.82) is 0 Å². The van der Waals surface area contributed by atoms with Crippen molar-refractivity contribution in [3.63, 3.8) is 0 Å². The lowest BCUT2D eigenvalue weighted by atomic mass is 10.0. The lowest BCUT2D eigenvalue weighted by Crippen LogP contribution is -2.23. The van der Waals surface area contributed by atoms with Crippen LogP contribution in [0.2, 0.25) is 0 Å². The van der Waals surface area contributed by atoms with E-state index >= 15 is 0 Å². The summed E-state index contributed by atoms with van der Waals surface area (Å²) in [6.07, 6.45) is 1.36. The third-order valence-electron chi connectivity index (χ3n) is 2.98. The average molecular weight is 266 g/mol. The van der Waals surface area contributed by atoms with Crippen molar-refractivity contribution >= 4 is 17.5 Å². The first-order chi connectivity index (χ1) is 8.43. The highest BCUT2D eigenvalue weighted by atomic mass is 32.2. The quantitative estimate of drug-likeness (QED) is 0.701. The summed E-state index contributed by atoms with van der Waals surface area (Å²) in [4.78, 5) is 12.9. The molecule has 1 aromatic rings. The average Bonchev–Trinajstić information content (AvgIpc) is 2.36. The lowest BCUT2D eigenvalue weighted by Gasteiger charge is -2.22. The molecule has 0 aliphatic carbocycles. The van der Waals surface area contributed by atoms with E-state index in [2.05, 4.69) is 31.2 Å². The van der Waals surface area contributed by atoms with Crippen molar-refractivity contribution in [3.05, 3.63) is 29.8 Å². The number of carbonyl (C=O) groups is 1. The molecule has 0 amide bonds. The van der Waals surface area contributed by atoms with Crippen LogP contribution in [-0.2, 0) is 9.53 Å². The van der Waals surface area contributed by atoms with Crippen LogP contribution < -0.4 is 0 Å². The minimum absolute atomic E-state index is 0.204. The predicted octanol–water partition coefficient (Wildman–Crippen LogP) is 3.86. The highest BCUT2D eigenvalue weighted by Gasteiger charge is 2.17. The molecule has 2 nitrogen and oxygen atoms in total. The number of benzene rings is 1. The van der Waals surface area contributed by atoms with Gasteiger partial charge in [-0.25, -0.2) is 0 Å². The van der Waals surface area contributed by atoms with Gasteiger partial charge in [0.15, 0.2) is 0 Å². The van der Waals surface area contributed by atoms with Crippen LogP contribution >= 0.6 is 11.8 Å². The summed E-state index contributed by atoms with van der Waals surface area (Å²) < 4.78 is 5.30. The van der Waals surface area contributed by atoms with Crippen LogP contribution in [0.5, 0.6) is 0 Å². The fourth-order valence-corrected chi connectivity index (χ4v) is 2.21. The molecule has 0 heterocycles. The van der Waals surface area contributed by atoms with Crippen molar-refractivity contribution in [2.75, 3.05) is 12.9 Å². The van der Waals surface area contributed by atoms with Gasteiger partial charge in [0.2, 0.25) is 0 Å². The van der Waals surface area contributed by atoms with Crippen LogP contribution in [0.4, 0.5) is 0 Å². The summed E-state index contributed by atoms with van der Waals surface area (Å²) in [5.41, 5.74) is 1.04. The third kappa shape index (κ3) is 5.69. The normalized spacial score (nSPS) is 11.6. The number of ketones is 1. The third-order valence-corrected chi connectivity index (χ3v) is 4.05. The molecule has 18 heavy (non-hydrogen) atoms. The molecule has 1 aromatic carbocycles. The molecule has 0 aromatic heterocycles. The Labute approximate surface area is 114 Å². The zero-order chi connectivity index (χ0) is 13.6. The van der Waals surface area contributed by atoms with Gasteiger partial charge in [-0.1, -0.05) is 17.7 Å². The molecule has 0 bridgehead atoms. The molecule has 1 rings (SSSR count). The summed E-state index contributed by atoms with van der Waals surface area (Å²) in [6, 6.07) is 8.26. The Morgan fingerprint density at radius 3 is 2.44 bits per heavy atom. The fraction of sp³-hybridized carbons (Fsp3) is 0.533. The van der Waals surface area contributed by atoms with E-state index in [9.17, 15) is 4.79 Å². The van der Waals surface area contributed by atoms with Crippen molar-refractivity contribution in [1.82, 2.24) is 0 Å². The van der Waals surface area contributed by atoms with Crippen molar-refractivity contribution < 1.29 is 9.53 Å². The largest absolute Gasteiger partial charge is 0.379 e. The maximum Gasteiger partial charge on any atom is 0.143 e. The van der Waals surface area contributed by atoms with Crippen LogP contribution in [-0.4, -0.2) is 24.2 Å². The van der Waals surface area contributed by atoms with Crippen LogP contribution in [0.1, 0.15) is 32.3 Å². The van der Waals surface area contributed by atoms with E-state index in [0.717, 1.165) is 11.3 Å². The fourth-order valence-electron chi connectivity index (χ4n) is 1.41. The summed E-state index contributed by atoms with van der Waals surface area (Å²) in [6.45, 7) is 6.08. The van der Waals surface area contributed by atoms with Gasteiger partial charge in [0.05, 0.1) is 11.4 Å². The molecule has 0 radical (unpaired) electrons. The minimum Gasteiger partial charge on any atom is -0.379 e. The number of hydrogen-bond donors (Lipinski definition) is 0. The highest BCUT2D eigenvalue weighted by molar-refractivity contribution is 8.00. The number of ether oxygens (including phenoxy) is 1. The molecular weight excluding hydrogens is 244 g/mol. The number of hydrogen-bond acceptors (Lipinski definition) is 3. The van der Waals surface area contributed by atoms with Crippen LogP contribution in [0.15, 0.2) is 29.2 Å². The van der Waals surface area contributed by atoms with E-state index in [1.54, 1.807) is 18.9 Å². The highest BCUT2D eigenvalue weighted by Crippen LogP contribution is 2.20. The molecule has 0 unspecified atom stereocenters. The Kier molecular flexibility index (Phi) is 5.89. The van der Waals surface area contributed by atoms with Gasteiger partial charge in [0.25, 0.3) is 0 Å². The van der Waals surface area contributed by atoms with E-state index in [1.807, 2.05) is 13.8 Å². The summed E-state index contributed by atoms with van der Waals surface area (Å²) >= 11 is 1.61. The van der Waals surface area contributed by atoms with Crippen LogP contribution in [0, 0.1) is 6.92 Å². The molecule has 0 fully saturated rings. The maximum atomic E-state index is 11.8. The molecule has 3 heteroatoms. The second-order valence-electron chi connectivity index (χ2n) is 5.10. The Morgan fingerprint density at radius 2 is 1.89 bits per heavy atom. The minimum atomic E-state index is -0.204. The number of rotatable bonds is 7. The zero-order valence-electron chi connectivity index (χ0n) is 11.7. The molecule has 0 saturated heterocycles. The van der Waals surface area contributed by atoms with Crippen molar-refractivity contribution in [2.45, 2.75) is 44.1 Å². The number of Topliss-reactive ketones (excluding diaryl/α,β-unsaturated/α-hetero) is 1. The van der Waals surface area contributed by atoms with Crippen molar-refractivity contribution in [3.8, 4) is 0 Å². The van der Waals surface area contributed by atoms with Gasteiger partial charge in [-0.05, 0) is 39.3 Å². The summed E-state index contributed by atoms with van der Waals surface area (Å²) in [7, 11) is 1.69. The van der Waals surface area contributed by atoms with Crippen LogP contribution in [0.3, 0.4) is 0 Å². The van der Waals surface area contributed by atoms with Gasteiger partial charge >= 0.3 is 0 Å². The predicted molar refractivity (Wildman–Crippen MR) is 77.2 cm³/mol. The van der Waals surface area contributed by atoms with Gasteiger partial charge in [0.1, 0.15) is 5.78 Å². The lowest BCUT2D eigenvalue weighted by molar-refractivity contribution is -0.118. The van der Waals surface area contributed by atoms with Gasteiger partial charge in [-0.3, -0.25) is 4.79 Å². The Morgan fingerprint density at radius 1 is 1.28 bits per heavy atom. The topological polar surface area (TPSA) is 26.3 Å². The van der Waals surface area contributed by atoms with Gasteiger partial charge in [0, 0.05) is 18.4 Å². The first-order valence-corrected chi connectivity index (χ1v) is 7.18. The first kappa shape index (κ1) is 15.3. The molecule has 100 valence electrons. The Balaban J connectivity index is 2.31. The van der Waals surface area contributed by atoms with E-state index in [-0.39, 0.29) is 11.4 Å². The number of methoxy groups -OCH3 is 1. The van der Waals surface area contributed by atoms with E-state index in [0.29, 0.717) is 12.2 Å². The molecular formula is C15H22O2S. The maximum absolute atomic E-state index is 11.8.